The van der Waals surface area contributed by atoms with Crippen molar-refractivity contribution in [2.75, 3.05) is 39.3 Å². The van der Waals surface area contributed by atoms with Crippen molar-refractivity contribution in [3.05, 3.63) is 28.4 Å². The number of carbonyl (C=O) groups is 2. The Kier molecular flexibility index (Phi) is 6.05. The first-order valence-corrected chi connectivity index (χ1v) is 11.0. The van der Waals surface area contributed by atoms with Crippen molar-refractivity contribution >= 4 is 38.8 Å². The zero-order valence-electron chi connectivity index (χ0n) is 16.4. The highest BCUT2D eigenvalue weighted by atomic mass is 79.9. The van der Waals surface area contributed by atoms with Gasteiger partial charge in [-0.2, -0.15) is 5.10 Å². The summed E-state index contributed by atoms with van der Waals surface area (Å²) in [6.07, 6.45) is 5.05. The molecule has 0 atom stereocenters. The minimum atomic E-state index is -0.330. The van der Waals surface area contributed by atoms with E-state index in [1.807, 2.05) is 4.90 Å². The maximum absolute atomic E-state index is 12.7. The highest BCUT2D eigenvalue weighted by Crippen LogP contribution is 2.25. The lowest BCUT2D eigenvalue weighted by molar-refractivity contribution is -0.132. The molecule has 29 heavy (non-hydrogen) atoms. The molecule has 0 radical (unpaired) electrons. The van der Waals surface area contributed by atoms with Crippen LogP contribution in [0, 0.1) is 0 Å². The van der Waals surface area contributed by atoms with Crippen molar-refractivity contribution in [3.8, 4) is 0 Å². The number of urea groups is 1. The van der Waals surface area contributed by atoms with Crippen LogP contribution in [0.25, 0.3) is 10.9 Å². The number of nitrogens with zero attached hydrogens (tertiary/aromatic N) is 4. The van der Waals surface area contributed by atoms with Crippen molar-refractivity contribution < 1.29 is 9.59 Å². The average Bonchev–Trinajstić information content (AvgIpc) is 3.21. The predicted molar refractivity (Wildman–Crippen MR) is 114 cm³/mol. The lowest BCUT2D eigenvalue weighted by Crippen LogP contribution is -2.55. The normalized spacial score (nSPS) is 19.1. The number of hydrogen-bond donors (Lipinski definition) is 2. The van der Waals surface area contributed by atoms with Crippen molar-refractivity contribution in [1.82, 2.24) is 24.9 Å². The van der Waals surface area contributed by atoms with E-state index >= 15 is 0 Å². The molecule has 4 rings (SSSR count). The molecular formula is C20H27BrN6O2. The number of benzene rings is 1. The first kappa shape index (κ1) is 20.2. The summed E-state index contributed by atoms with van der Waals surface area (Å²) in [4.78, 5) is 30.1. The van der Waals surface area contributed by atoms with Crippen molar-refractivity contribution in [2.45, 2.75) is 31.7 Å². The number of hydrogen-bond acceptors (Lipinski definition) is 4. The van der Waals surface area contributed by atoms with Gasteiger partial charge in [-0.1, -0.05) is 0 Å². The van der Waals surface area contributed by atoms with Gasteiger partial charge in [-0.3, -0.25) is 14.8 Å². The zero-order valence-corrected chi connectivity index (χ0v) is 18.0. The van der Waals surface area contributed by atoms with E-state index in [9.17, 15) is 9.59 Å². The highest BCUT2D eigenvalue weighted by molar-refractivity contribution is 9.10. The smallest absolute Gasteiger partial charge is 0.314 e. The van der Waals surface area contributed by atoms with Crippen LogP contribution in [-0.4, -0.2) is 82.1 Å². The second-order valence-electron chi connectivity index (χ2n) is 7.89. The molecule has 1 aromatic heterocycles. The van der Waals surface area contributed by atoms with E-state index in [1.165, 1.54) is 0 Å². The maximum Gasteiger partial charge on any atom is 0.314 e. The van der Waals surface area contributed by atoms with Gasteiger partial charge < -0.3 is 15.5 Å². The Morgan fingerprint density at radius 2 is 1.83 bits per heavy atom. The van der Waals surface area contributed by atoms with Gasteiger partial charge in [-0.25, -0.2) is 4.79 Å². The molecule has 0 bridgehead atoms. The fraction of sp³-hybridized carbons (Fsp3) is 0.550. The number of aryl methyl sites for hydroxylation is 1. The summed E-state index contributed by atoms with van der Waals surface area (Å²) in [6, 6.07) is 4.32. The SMILES string of the molecule is NC(=O)N1CCN(C2CCN(C(=O)CCc3cc(Br)c4[nH]ncc4c3)CC2)CC1. The third-order valence-electron chi connectivity index (χ3n) is 6.15. The van der Waals surface area contributed by atoms with Gasteiger partial charge in [0, 0.05) is 61.6 Å². The van der Waals surface area contributed by atoms with Crippen LogP contribution in [-0.2, 0) is 11.2 Å². The number of H-pyrrole nitrogens is 1. The van der Waals surface area contributed by atoms with Crippen LogP contribution < -0.4 is 5.73 Å². The molecule has 2 aromatic rings. The Labute approximate surface area is 178 Å². The Hall–Kier alpha value is -2.13. The number of carbonyl (C=O) groups excluding carboxylic acids is 2. The molecule has 9 heteroatoms. The third kappa shape index (κ3) is 4.56. The van der Waals surface area contributed by atoms with Crippen LogP contribution in [0.5, 0.6) is 0 Å². The number of fused-ring (bicyclic) bond motifs is 1. The summed E-state index contributed by atoms with van der Waals surface area (Å²) in [5.41, 5.74) is 7.49. The Morgan fingerprint density at radius 3 is 2.52 bits per heavy atom. The summed E-state index contributed by atoms with van der Waals surface area (Å²) in [5.74, 6) is 0.227. The number of primary amides is 1. The fourth-order valence-corrected chi connectivity index (χ4v) is 5.03. The van der Waals surface area contributed by atoms with E-state index in [4.69, 9.17) is 5.73 Å². The van der Waals surface area contributed by atoms with Gasteiger partial charge in [0.15, 0.2) is 0 Å². The van der Waals surface area contributed by atoms with Gasteiger partial charge in [0.2, 0.25) is 5.91 Å². The number of halogens is 1. The summed E-state index contributed by atoms with van der Waals surface area (Å²) in [6.45, 7) is 4.75. The molecule has 3 heterocycles. The van der Waals surface area contributed by atoms with Gasteiger partial charge in [0.05, 0.1) is 11.7 Å². The van der Waals surface area contributed by atoms with E-state index < -0.39 is 0 Å². The van der Waals surface area contributed by atoms with Gasteiger partial charge in [0.25, 0.3) is 0 Å². The predicted octanol–water partition coefficient (Wildman–Crippen LogP) is 1.95. The van der Waals surface area contributed by atoms with Crippen LogP contribution in [0.1, 0.15) is 24.8 Å². The van der Waals surface area contributed by atoms with Crippen molar-refractivity contribution in [1.29, 1.82) is 0 Å². The molecule has 1 aromatic carbocycles. The highest BCUT2D eigenvalue weighted by Gasteiger charge is 2.29. The van der Waals surface area contributed by atoms with Crippen LogP contribution in [0.2, 0.25) is 0 Å². The molecule has 2 fully saturated rings. The number of rotatable bonds is 4. The standard InChI is InChI=1S/C20H27BrN6O2/c21-17-12-14(11-15-13-23-24-19(15)17)1-2-18(28)26-5-3-16(4-6-26)25-7-9-27(10-8-25)20(22)29/h11-13,16H,1-10H2,(H2,22,29)(H,23,24). The van der Waals surface area contributed by atoms with Gasteiger partial charge in [-0.05, 0) is 52.9 Å². The molecule has 2 saturated heterocycles. The minimum absolute atomic E-state index is 0.227. The largest absolute Gasteiger partial charge is 0.351 e. The summed E-state index contributed by atoms with van der Waals surface area (Å²) < 4.78 is 0.979. The number of nitrogens with two attached hydrogens (primary N) is 1. The number of piperazine rings is 1. The molecule has 0 saturated carbocycles. The monoisotopic (exact) mass is 462 g/mol. The van der Waals surface area contributed by atoms with Crippen molar-refractivity contribution in [3.63, 3.8) is 0 Å². The molecule has 0 aliphatic carbocycles. The number of piperidine rings is 1. The number of aromatic nitrogens is 2. The Balaban J connectivity index is 1.24. The number of nitrogens with one attached hydrogen (secondary N) is 1. The first-order chi connectivity index (χ1) is 14.0. The summed E-state index contributed by atoms with van der Waals surface area (Å²) in [5, 5.41) is 8.09. The second kappa shape index (κ2) is 8.71. The lowest BCUT2D eigenvalue weighted by atomic mass is 10.0. The molecule has 0 spiro atoms. The van der Waals surface area contributed by atoms with Gasteiger partial charge in [-0.15, -0.1) is 0 Å². The van der Waals surface area contributed by atoms with E-state index in [-0.39, 0.29) is 11.9 Å². The topological polar surface area (TPSA) is 98.6 Å². The zero-order chi connectivity index (χ0) is 20.4. The summed E-state index contributed by atoms with van der Waals surface area (Å²) in [7, 11) is 0. The number of amides is 3. The molecule has 2 aliphatic rings. The van der Waals surface area contributed by atoms with Crippen LogP contribution in [0.3, 0.4) is 0 Å². The molecule has 0 unspecified atom stereocenters. The van der Waals surface area contributed by atoms with Gasteiger partial charge >= 0.3 is 6.03 Å². The average molecular weight is 463 g/mol. The minimum Gasteiger partial charge on any atom is -0.351 e. The van der Waals surface area contributed by atoms with Crippen molar-refractivity contribution in [2.24, 2.45) is 5.73 Å². The maximum atomic E-state index is 12.7. The number of aromatic amines is 1. The van der Waals surface area contributed by atoms with E-state index in [0.717, 1.165) is 66.4 Å². The first-order valence-electron chi connectivity index (χ1n) is 10.2. The molecule has 156 valence electrons. The summed E-state index contributed by atoms with van der Waals surface area (Å²) >= 11 is 3.57. The fourth-order valence-electron chi connectivity index (χ4n) is 4.41. The molecule has 8 nitrogen and oxygen atoms in total. The Morgan fingerprint density at radius 1 is 1.10 bits per heavy atom. The molecule has 3 N–H and O–H groups in total. The lowest BCUT2D eigenvalue weighted by Gasteiger charge is -2.42. The van der Waals surface area contributed by atoms with E-state index in [1.54, 1.807) is 11.1 Å². The number of likely N-dealkylation sites (tertiary alicyclic amines) is 1. The van der Waals surface area contributed by atoms with Crippen LogP contribution >= 0.6 is 15.9 Å². The molecular weight excluding hydrogens is 436 g/mol. The van der Waals surface area contributed by atoms with Crippen LogP contribution in [0.15, 0.2) is 22.8 Å². The second-order valence-corrected chi connectivity index (χ2v) is 8.74. The quantitative estimate of drug-likeness (QED) is 0.724. The molecule has 3 amide bonds. The molecule has 2 aliphatic heterocycles. The van der Waals surface area contributed by atoms with Gasteiger partial charge in [0.1, 0.15) is 0 Å². The van der Waals surface area contributed by atoms with E-state index in [2.05, 4.69) is 43.2 Å². The third-order valence-corrected chi connectivity index (χ3v) is 6.77. The Bertz CT molecular complexity index is 884. The van der Waals surface area contributed by atoms with Crippen LogP contribution in [0.4, 0.5) is 4.79 Å². The van der Waals surface area contributed by atoms with E-state index in [0.29, 0.717) is 25.6 Å².